The van der Waals surface area contributed by atoms with Crippen LogP contribution >= 0.6 is 0 Å². The molecule has 0 aromatic heterocycles. The van der Waals surface area contributed by atoms with Crippen LogP contribution in [0.1, 0.15) is 80.1 Å². The van der Waals surface area contributed by atoms with Crippen molar-refractivity contribution in [3.63, 3.8) is 0 Å². The molecule has 0 bridgehead atoms. The number of fused-ring (bicyclic) bond motifs is 2. The van der Waals surface area contributed by atoms with E-state index in [1.165, 1.54) is 44.9 Å². The summed E-state index contributed by atoms with van der Waals surface area (Å²) in [5, 5.41) is 0. The largest absolute Gasteiger partial charge is 0.332 e. The fraction of sp³-hybridized carbons (Fsp3) is 0.952. The predicted octanol–water partition coefficient (Wildman–Crippen LogP) is 4.87. The van der Waals surface area contributed by atoms with Crippen LogP contribution in [0, 0.1) is 34.5 Å². The number of amides is 1. The average molecular weight is 318 g/mol. The molecule has 6 unspecified atom stereocenters. The molecule has 0 spiro atoms. The molecule has 0 aromatic rings. The minimum absolute atomic E-state index is 0.148. The Morgan fingerprint density at radius 2 is 1.17 bits per heavy atom. The lowest BCUT2D eigenvalue weighted by Gasteiger charge is -2.46. The smallest absolute Gasteiger partial charge is 0.210 e. The maximum absolute atomic E-state index is 12.5. The van der Waals surface area contributed by atoms with E-state index in [2.05, 4.69) is 46.4 Å². The summed E-state index contributed by atoms with van der Waals surface area (Å²) in [4.78, 5) is 14.9. The van der Waals surface area contributed by atoms with Crippen molar-refractivity contribution in [2.45, 2.75) is 91.1 Å². The SMILES string of the molecule is CC1CCC2C(C)(C)C2(N(C=O)C23CC(C)CCC2C3(C)C)C1. The van der Waals surface area contributed by atoms with Crippen LogP contribution in [-0.2, 0) is 4.79 Å². The highest BCUT2D eigenvalue weighted by atomic mass is 16.1. The van der Waals surface area contributed by atoms with Gasteiger partial charge in [-0.2, -0.15) is 0 Å². The summed E-state index contributed by atoms with van der Waals surface area (Å²) in [6, 6.07) is 0. The Morgan fingerprint density at radius 3 is 1.52 bits per heavy atom. The molecule has 2 nitrogen and oxygen atoms in total. The van der Waals surface area contributed by atoms with E-state index in [0.29, 0.717) is 10.8 Å². The van der Waals surface area contributed by atoms with Gasteiger partial charge in [-0.15, -0.1) is 0 Å². The summed E-state index contributed by atoms with van der Waals surface area (Å²) < 4.78 is 0. The third-order valence-electron chi connectivity index (χ3n) is 9.14. The van der Waals surface area contributed by atoms with E-state index in [1.807, 2.05) is 0 Å². The maximum Gasteiger partial charge on any atom is 0.210 e. The third-order valence-corrected chi connectivity index (χ3v) is 9.14. The number of hydrogen-bond donors (Lipinski definition) is 0. The summed E-state index contributed by atoms with van der Waals surface area (Å²) in [5.41, 5.74) is 0.902. The second kappa shape index (κ2) is 4.35. The van der Waals surface area contributed by atoms with Crippen molar-refractivity contribution in [1.29, 1.82) is 0 Å². The number of hydrogen-bond acceptors (Lipinski definition) is 1. The minimum atomic E-state index is 0.148. The maximum atomic E-state index is 12.5. The molecule has 4 rings (SSSR count). The Morgan fingerprint density at radius 1 is 0.783 bits per heavy atom. The van der Waals surface area contributed by atoms with Crippen molar-refractivity contribution in [2.75, 3.05) is 0 Å². The van der Waals surface area contributed by atoms with Gasteiger partial charge in [-0.1, -0.05) is 54.4 Å². The van der Waals surface area contributed by atoms with E-state index in [-0.39, 0.29) is 11.1 Å². The summed E-state index contributed by atoms with van der Waals surface area (Å²) in [6.07, 6.45) is 9.05. The molecule has 2 heteroatoms. The summed E-state index contributed by atoms with van der Waals surface area (Å²) in [5.74, 6) is 2.96. The molecule has 0 aromatic carbocycles. The fourth-order valence-corrected chi connectivity index (χ4v) is 7.76. The zero-order valence-corrected chi connectivity index (χ0v) is 16.0. The van der Waals surface area contributed by atoms with Crippen LogP contribution in [0.4, 0.5) is 0 Å². The summed E-state index contributed by atoms with van der Waals surface area (Å²) in [7, 11) is 0. The topological polar surface area (TPSA) is 20.3 Å². The highest BCUT2D eigenvalue weighted by Crippen LogP contribution is 2.79. The average Bonchev–Trinajstić information content (AvgIpc) is 3.15. The molecule has 0 saturated heterocycles. The van der Waals surface area contributed by atoms with E-state index in [0.717, 1.165) is 23.7 Å². The number of carbonyl (C=O) groups is 1. The number of rotatable bonds is 3. The van der Waals surface area contributed by atoms with Gasteiger partial charge in [-0.25, -0.2) is 0 Å². The first kappa shape index (κ1) is 16.0. The van der Waals surface area contributed by atoms with E-state index >= 15 is 0 Å². The molecule has 0 radical (unpaired) electrons. The lowest BCUT2D eigenvalue weighted by molar-refractivity contribution is -0.130. The van der Waals surface area contributed by atoms with Gasteiger partial charge in [-0.3, -0.25) is 4.79 Å². The lowest BCUT2D eigenvalue weighted by atomic mass is 9.80. The molecule has 0 heterocycles. The van der Waals surface area contributed by atoms with Gasteiger partial charge in [0.1, 0.15) is 0 Å². The van der Waals surface area contributed by atoms with Crippen LogP contribution in [0.3, 0.4) is 0 Å². The molecule has 4 aliphatic carbocycles. The van der Waals surface area contributed by atoms with E-state index < -0.39 is 0 Å². The van der Waals surface area contributed by atoms with Gasteiger partial charge in [0.25, 0.3) is 0 Å². The zero-order valence-electron chi connectivity index (χ0n) is 16.0. The second-order valence-electron chi connectivity index (χ2n) is 10.6. The van der Waals surface area contributed by atoms with E-state index in [4.69, 9.17) is 0 Å². The molecule has 1 amide bonds. The first-order valence-electron chi connectivity index (χ1n) is 9.91. The summed E-state index contributed by atoms with van der Waals surface area (Å²) >= 11 is 0. The van der Waals surface area contributed by atoms with Crippen LogP contribution in [0.2, 0.25) is 0 Å². The van der Waals surface area contributed by atoms with Gasteiger partial charge in [0.2, 0.25) is 6.41 Å². The van der Waals surface area contributed by atoms with Crippen molar-refractivity contribution in [2.24, 2.45) is 34.5 Å². The molecular weight excluding hydrogens is 282 g/mol. The quantitative estimate of drug-likeness (QED) is 0.680. The van der Waals surface area contributed by atoms with E-state index in [1.54, 1.807) is 0 Å². The highest BCUT2D eigenvalue weighted by molar-refractivity contribution is 5.58. The number of nitrogens with zero attached hydrogens (tertiary/aromatic N) is 1. The van der Waals surface area contributed by atoms with Crippen molar-refractivity contribution in [3.8, 4) is 0 Å². The van der Waals surface area contributed by atoms with Crippen LogP contribution in [-0.4, -0.2) is 22.4 Å². The second-order valence-corrected chi connectivity index (χ2v) is 10.6. The molecule has 0 aliphatic heterocycles. The van der Waals surface area contributed by atoms with Crippen LogP contribution in [0.5, 0.6) is 0 Å². The van der Waals surface area contributed by atoms with Crippen molar-refractivity contribution >= 4 is 6.41 Å². The molecular formula is C21H35NO. The standard InChI is InChI=1S/C21H35NO/c1-14-7-9-16-18(3,4)20(16,11-14)22(13-23)21-12-15(2)8-10-17(21)19(21,5)6/h13-17H,7-12H2,1-6H3. The van der Waals surface area contributed by atoms with E-state index in [9.17, 15) is 4.79 Å². The normalized spacial score (nSPS) is 52.1. The van der Waals surface area contributed by atoms with Crippen molar-refractivity contribution < 1.29 is 4.79 Å². The molecule has 0 N–H and O–H groups in total. The van der Waals surface area contributed by atoms with Gasteiger partial charge < -0.3 is 4.90 Å². The molecule has 6 atom stereocenters. The lowest BCUT2D eigenvalue weighted by Crippen LogP contribution is -2.54. The molecule has 4 saturated carbocycles. The first-order chi connectivity index (χ1) is 10.7. The van der Waals surface area contributed by atoms with Gasteiger partial charge >= 0.3 is 0 Å². The fourth-order valence-electron chi connectivity index (χ4n) is 7.76. The Kier molecular flexibility index (Phi) is 3.02. The first-order valence-corrected chi connectivity index (χ1v) is 9.91. The van der Waals surface area contributed by atoms with Gasteiger partial charge in [0.15, 0.2) is 0 Å². The Labute approximate surface area is 142 Å². The van der Waals surface area contributed by atoms with Crippen LogP contribution in [0.15, 0.2) is 0 Å². The van der Waals surface area contributed by atoms with Gasteiger partial charge in [-0.05, 0) is 60.2 Å². The monoisotopic (exact) mass is 317 g/mol. The summed E-state index contributed by atoms with van der Waals surface area (Å²) in [6.45, 7) is 14.5. The predicted molar refractivity (Wildman–Crippen MR) is 93.9 cm³/mol. The van der Waals surface area contributed by atoms with Crippen LogP contribution in [0.25, 0.3) is 0 Å². The molecule has 4 fully saturated rings. The van der Waals surface area contributed by atoms with Crippen LogP contribution < -0.4 is 0 Å². The molecule has 130 valence electrons. The minimum Gasteiger partial charge on any atom is -0.332 e. The molecule has 23 heavy (non-hydrogen) atoms. The van der Waals surface area contributed by atoms with Gasteiger partial charge in [0.05, 0.1) is 11.1 Å². The van der Waals surface area contributed by atoms with Crippen molar-refractivity contribution in [1.82, 2.24) is 4.90 Å². The molecule has 4 aliphatic rings. The number of carbonyl (C=O) groups excluding carboxylic acids is 1. The highest BCUT2D eigenvalue weighted by Gasteiger charge is 2.83. The zero-order chi connectivity index (χ0) is 16.8. The Balaban J connectivity index is 1.76. The van der Waals surface area contributed by atoms with Crippen molar-refractivity contribution in [3.05, 3.63) is 0 Å². The Hall–Kier alpha value is -0.530. The third kappa shape index (κ3) is 1.59. The van der Waals surface area contributed by atoms with Gasteiger partial charge in [0, 0.05) is 0 Å². The Bertz CT molecular complexity index is 494.